The summed E-state index contributed by atoms with van der Waals surface area (Å²) >= 11 is 0. The molecule has 2 heteroatoms. The van der Waals surface area contributed by atoms with Gasteiger partial charge in [0.2, 0.25) is 19.6 Å². The van der Waals surface area contributed by atoms with Crippen LogP contribution in [0.2, 0.25) is 0 Å². The highest BCUT2D eigenvalue weighted by Gasteiger charge is 2.61. The fraction of sp³-hybridized carbons (Fsp3) is 0.250. The van der Waals surface area contributed by atoms with Crippen molar-refractivity contribution >= 4 is 21.8 Å². The minimum absolute atomic E-state index is 0.297. The summed E-state index contributed by atoms with van der Waals surface area (Å²) in [4.78, 5) is 6.46. The van der Waals surface area contributed by atoms with Crippen LogP contribution in [0.15, 0.2) is 68.1 Å². The zero-order valence-corrected chi connectivity index (χ0v) is 12.2. The predicted molar refractivity (Wildman–Crippen MR) is 79.6 cm³/mol. The van der Waals surface area contributed by atoms with E-state index in [0.717, 1.165) is 10.5 Å². The van der Waals surface area contributed by atoms with E-state index in [1.165, 1.54) is 0 Å². The maximum Gasteiger partial charge on any atom is 0.216 e. The molecule has 0 N–H and O–H groups in total. The SMILES string of the molecule is C[C@H]1[C@H](C)[S+]2c3ccccc3[S+]1c1ccccc12. The van der Waals surface area contributed by atoms with Gasteiger partial charge in [-0.25, -0.2) is 0 Å². The summed E-state index contributed by atoms with van der Waals surface area (Å²) in [5.41, 5.74) is 0. The van der Waals surface area contributed by atoms with Gasteiger partial charge in [-0.15, -0.1) is 0 Å². The standard InChI is InChI=1S/C16H16S2/c1-11-12(2)18-15-9-5-3-7-13(15)17(11)14-8-4-6-10-16(14)18/h3-12H,1-2H3/q+2/t11-,12-,17?,18?/m0/s1. The van der Waals surface area contributed by atoms with Crippen LogP contribution in [0.5, 0.6) is 0 Å². The molecule has 3 aliphatic rings. The molecular formula is C16H16S2+2. The van der Waals surface area contributed by atoms with E-state index in [9.17, 15) is 0 Å². The summed E-state index contributed by atoms with van der Waals surface area (Å²) in [6.07, 6.45) is 0. The molecule has 2 aromatic rings. The lowest BCUT2D eigenvalue weighted by molar-refractivity contribution is 0.851. The molecule has 2 bridgehead atoms. The molecule has 3 heterocycles. The van der Waals surface area contributed by atoms with E-state index in [1.807, 2.05) is 0 Å². The second kappa shape index (κ2) is 3.82. The summed E-state index contributed by atoms with van der Waals surface area (Å²) in [5.74, 6) is 0. The van der Waals surface area contributed by atoms with E-state index in [4.69, 9.17) is 0 Å². The Morgan fingerprint density at radius 2 is 0.889 bits per heavy atom. The number of hydrogen-bond acceptors (Lipinski definition) is 0. The molecule has 0 amide bonds. The van der Waals surface area contributed by atoms with Gasteiger partial charge in [-0.2, -0.15) is 0 Å². The lowest BCUT2D eigenvalue weighted by Gasteiger charge is -2.32. The third-order valence-electron chi connectivity index (χ3n) is 4.05. The molecular weight excluding hydrogens is 256 g/mol. The van der Waals surface area contributed by atoms with E-state index < -0.39 is 0 Å². The maximum absolute atomic E-state index is 2.44. The van der Waals surface area contributed by atoms with E-state index in [2.05, 4.69) is 62.4 Å². The normalized spacial score (nSPS) is 31.9. The molecule has 0 aliphatic carbocycles. The molecule has 0 fully saturated rings. The quantitative estimate of drug-likeness (QED) is 0.639. The van der Waals surface area contributed by atoms with Crippen molar-refractivity contribution in [1.82, 2.24) is 0 Å². The van der Waals surface area contributed by atoms with Crippen LogP contribution in [0.1, 0.15) is 13.8 Å². The minimum atomic E-state index is 0.297. The van der Waals surface area contributed by atoms with Crippen LogP contribution >= 0.6 is 0 Å². The van der Waals surface area contributed by atoms with Gasteiger partial charge in [-0.05, 0) is 38.1 Å². The zero-order chi connectivity index (χ0) is 12.3. The third kappa shape index (κ3) is 1.25. The molecule has 3 aliphatic heterocycles. The number of rotatable bonds is 0. The van der Waals surface area contributed by atoms with Crippen molar-refractivity contribution in [2.24, 2.45) is 0 Å². The van der Waals surface area contributed by atoms with Crippen molar-refractivity contribution in [3.63, 3.8) is 0 Å². The van der Waals surface area contributed by atoms with Crippen molar-refractivity contribution in [2.45, 2.75) is 43.9 Å². The highest BCUT2D eigenvalue weighted by molar-refractivity contribution is 8.06. The van der Waals surface area contributed by atoms with Crippen LogP contribution in [0.25, 0.3) is 0 Å². The van der Waals surface area contributed by atoms with Crippen LogP contribution in [0, 0.1) is 0 Å². The number of hydrogen-bond donors (Lipinski definition) is 0. The van der Waals surface area contributed by atoms with Gasteiger partial charge in [0.05, 0.1) is 21.8 Å². The molecule has 0 spiro atoms. The van der Waals surface area contributed by atoms with Crippen molar-refractivity contribution in [3.8, 4) is 0 Å². The first-order valence-electron chi connectivity index (χ1n) is 6.43. The van der Waals surface area contributed by atoms with E-state index in [-0.39, 0.29) is 0 Å². The highest BCUT2D eigenvalue weighted by Crippen LogP contribution is 2.52. The Labute approximate surface area is 114 Å². The Kier molecular flexibility index (Phi) is 2.33. The molecule has 90 valence electrons. The average Bonchev–Trinajstić information content (AvgIpc) is 2.42. The molecule has 0 nitrogen and oxygen atoms in total. The van der Waals surface area contributed by atoms with Crippen molar-refractivity contribution in [1.29, 1.82) is 0 Å². The van der Waals surface area contributed by atoms with Gasteiger partial charge in [-0.1, -0.05) is 24.3 Å². The largest absolute Gasteiger partial charge is 0.216 e. The van der Waals surface area contributed by atoms with E-state index >= 15 is 0 Å². The van der Waals surface area contributed by atoms with Crippen molar-refractivity contribution in [3.05, 3.63) is 48.5 Å². The van der Waals surface area contributed by atoms with Gasteiger partial charge in [0.1, 0.15) is 0 Å². The molecule has 0 unspecified atom stereocenters. The van der Waals surface area contributed by atoms with Crippen LogP contribution in [-0.2, 0) is 21.8 Å². The van der Waals surface area contributed by atoms with Crippen LogP contribution in [-0.4, -0.2) is 10.5 Å². The molecule has 5 rings (SSSR count). The first kappa shape index (κ1) is 11.0. The van der Waals surface area contributed by atoms with Gasteiger partial charge >= 0.3 is 0 Å². The molecule has 0 saturated carbocycles. The minimum Gasteiger partial charge on any atom is -0.0569 e. The fourth-order valence-corrected chi connectivity index (χ4v) is 9.67. The highest BCUT2D eigenvalue weighted by atomic mass is 32.2. The van der Waals surface area contributed by atoms with Gasteiger partial charge in [0.25, 0.3) is 0 Å². The van der Waals surface area contributed by atoms with Crippen LogP contribution < -0.4 is 0 Å². The smallest absolute Gasteiger partial charge is 0.0569 e. The summed E-state index contributed by atoms with van der Waals surface area (Å²) in [6.45, 7) is 4.89. The topological polar surface area (TPSA) is 0 Å². The molecule has 0 saturated heterocycles. The lowest BCUT2D eigenvalue weighted by atomic mass is 10.3. The van der Waals surface area contributed by atoms with Gasteiger partial charge < -0.3 is 0 Å². The van der Waals surface area contributed by atoms with Gasteiger partial charge in [0, 0.05) is 0 Å². The molecule has 2 atom stereocenters. The lowest BCUT2D eigenvalue weighted by Crippen LogP contribution is -2.46. The average molecular weight is 272 g/mol. The second-order valence-corrected chi connectivity index (χ2v) is 9.58. The van der Waals surface area contributed by atoms with E-state index in [0.29, 0.717) is 21.8 Å². The van der Waals surface area contributed by atoms with Gasteiger partial charge in [-0.3, -0.25) is 0 Å². The monoisotopic (exact) mass is 272 g/mol. The van der Waals surface area contributed by atoms with Crippen molar-refractivity contribution in [2.75, 3.05) is 0 Å². The molecule has 0 aromatic heterocycles. The Bertz CT molecular complexity index is 518. The summed E-state index contributed by atoms with van der Waals surface area (Å²) < 4.78 is 0. The summed E-state index contributed by atoms with van der Waals surface area (Å²) in [5, 5.41) is 1.58. The number of fused-ring (bicyclic) bond motifs is 1. The third-order valence-corrected chi connectivity index (χ3v) is 10.1. The fourth-order valence-electron chi connectivity index (χ4n) is 3.05. The molecule has 2 aromatic carbocycles. The second-order valence-electron chi connectivity index (χ2n) is 4.98. The van der Waals surface area contributed by atoms with E-state index in [1.54, 1.807) is 19.6 Å². The molecule has 0 radical (unpaired) electrons. The number of benzene rings is 2. The molecule has 18 heavy (non-hydrogen) atoms. The summed E-state index contributed by atoms with van der Waals surface area (Å²) in [6, 6.07) is 18.3. The van der Waals surface area contributed by atoms with Crippen LogP contribution in [0.3, 0.4) is 0 Å². The zero-order valence-electron chi connectivity index (χ0n) is 10.6. The Balaban J connectivity index is 2.06. The van der Waals surface area contributed by atoms with Crippen molar-refractivity contribution < 1.29 is 0 Å². The maximum atomic E-state index is 2.44. The summed E-state index contributed by atoms with van der Waals surface area (Å²) in [7, 11) is 0.593. The predicted octanol–water partition coefficient (Wildman–Crippen LogP) is 3.86. The van der Waals surface area contributed by atoms with Gasteiger partial charge in [0.15, 0.2) is 10.5 Å². The first-order chi connectivity index (χ1) is 8.79. The Morgan fingerprint density at radius 1 is 0.611 bits per heavy atom. The Hall–Kier alpha value is -0.860. The Morgan fingerprint density at radius 3 is 1.17 bits per heavy atom. The van der Waals surface area contributed by atoms with Crippen LogP contribution in [0.4, 0.5) is 0 Å². The first-order valence-corrected chi connectivity index (χ1v) is 9.01.